The first kappa shape index (κ1) is 11.5. The Balaban J connectivity index is 2.23. The summed E-state index contributed by atoms with van der Waals surface area (Å²) in [6.07, 6.45) is 4.86. The van der Waals surface area contributed by atoms with Gasteiger partial charge in [0.05, 0.1) is 10.7 Å². The number of hydrogen-bond donors (Lipinski definition) is 1. The average Bonchev–Trinajstić information content (AvgIpc) is 2.76. The van der Waals surface area contributed by atoms with Crippen LogP contribution in [0.25, 0.3) is 0 Å². The average molecular weight is 237 g/mol. The lowest BCUT2D eigenvalue weighted by Crippen LogP contribution is -2.20. The van der Waals surface area contributed by atoms with Crippen molar-refractivity contribution < 1.29 is 0 Å². The van der Waals surface area contributed by atoms with E-state index in [9.17, 15) is 0 Å². The van der Waals surface area contributed by atoms with Crippen molar-refractivity contribution in [1.29, 1.82) is 0 Å². The fraction of sp³-hybridized carbons (Fsp3) is 0.462. The van der Waals surface area contributed by atoms with Gasteiger partial charge in [-0.1, -0.05) is 30.5 Å². The van der Waals surface area contributed by atoms with E-state index < -0.39 is 0 Å². The number of halogens is 1. The molecule has 0 radical (unpaired) electrons. The molecular formula is C13H17ClN2. The lowest BCUT2D eigenvalue weighted by atomic mass is 10.1. The predicted molar refractivity (Wildman–Crippen MR) is 69.4 cm³/mol. The Morgan fingerprint density at radius 1 is 1.38 bits per heavy atom. The smallest absolute Gasteiger partial charge is 0.103 e. The molecule has 1 aromatic carbocycles. The van der Waals surface area contributed by atoms with Crippen LogP contribution in [0.5, 0.6) is 0 Å². The Hall–Kier alpha value is -1.02. The van der Waals surface area contributed by atoms with E-state index in [1.54, 1.807) is 0 Å². The minimum atomic E-state index is 0.455. The van der Waals surface area contributed by atoms with Crippen LogP contribution in [0.15, 0.2) is 23.2 Å². The highest BCUT2D eigenvalue weighted by Crippen LogP contribution is 2.29. The number of aliphatic imine (C=N–C) groups is 1. The quantitative estimate of drug-likeness (QED) is 0.615. The number of nitrogens with two attached hydrogens (primary N) is 1. The summed E-state index contributed by atoms with van der Waals surface area (Å²) < 4.78 is 0. The molecule has 0 saturated heterocycles. The van der Waals surface area contributed by atoms with Gasteiger partial charge >= 0.3 is 0 Å². The van der Waals surface area contributed by atoms with Crippen molar-refractivity contribution in [3.8, 4) is 0 Å². The van der Waals surface area contributed by atoms with Gasteiger partial charge in [-0.3, -0.25) is 0 Å². The van der Waals surface area contributed by atoms with Gasteiger partial charge in [0.15, 0.2) is 0 Å². The first-order chi connectivity index (χ1) is 7.66. The summed E-state index contributed by atoms with van der Waals surface area (Å²) in [4.78, 5) is 4.46. The molecule has 2 nitrogen and oxygen atoms in total. The van der Waals surface area contributed by atoms with Gasteiger partial charge in [0.25, 0.3) is 0 Å². The summed E-state index contributed by atoms with van der Waals surface area (Å²) in [7, 11) is 0. The van der Waals surface area contributed by atoms with Crippen LogP contribution in [-0.4, -0.2) is 5.84 Å². The van der Waals surface area contributed by atoms with E-state index >= 15 is 0 Å². The van der Waals surface area contributed by atoms with Crippen LogP contribution in [0.3, 0.4) is 0 Å². The zero-order valence-corrected chi connectivity index (χ0v) is 10.3. The molecule has 16 heavy (non-hydrogen) atoms. The van der Waals surface area contributed by atoms with Crippen molar-refractivity contribution in [1.82, 2.24) is 0 Å². The molecule has 0 heterocycles. The van der Waals surface area contributed by atoms with E-state index in [4.69, 9.17) is 17.3 Å². The van der Waals surface area contributed by atoms with Gasteiger partial charge in [-0.15, -0.1) is 0 Å². The van der Waals surface area contributed by atoms with E-state index in [0.29, 0.717) is 10.9 Å². The molecule has 2 rings (SSSR count). The van der Waals surface area contributed by atoms with Crippen LogP contribution in [0, 0.1) is 12.8 Å². The molecule has 1 aliphatic rings. The molecule has 86 valence electrons. The number of rotatable bonds is 2. The minimum Gasteiger partial charge on any atom is -0.387 e. The SMILES string of the molecule is Cc1ccc(Cl)c(N=C(N)C2CCCC2)c1. The molecule has 0 amide bonds. The lowest BCUT2D eigenvalue weighted by Gasteiger charge is -2.09. The Bertz CT molecular complexity index is 406. The molecule has 1 aliphatic carbocycles. The summed E-state index contributed by atoms with van der Waals surface area (Å²) in [6.45, 7) is 2.03. The topological polar surface area (TPSA) is 38.4 Å². The molecule has 1 fully saturated rings. The highest BCUT2D eigenvalue weighted by atomic mass is 35.5. The summed E-state index contributed by atoms with van der Waals surface area (Å²) >= 11 is 6.08. The Morgan fingerprint density at radius 3 is 2.75 bits per heavy atom. The number of amidine groups is 1. The van der Waals surface area contributed by atoms with Crippen molar-refractivity contribution in [2.24, 2.45) is 16.6 Å². The molecular weight excluding hydrogens is 220 g/mol. The second-order valence-electron chi connectivity index (χ2n) is 4.47. The highest BCUT2D eigenvalue weighted by Gasteiger charge is 2.18. The van der Waals surface area contributed by atoms with E-state index in [2.05, 4.69) is 4.99 Å². The van der Waals surface area contributed by atoms with Crippen LogP contribution < -0.4 is 5.73 Å². The van der Waals surface area contributed by atoms with Gasteiger partial charge in [0, 0.05) is 5.92 Å². The van der Waals surface area contributed by atoms with Gasteiger partial charge in [-0.2, -0.15) is 0 Å². The molecule has 0 aromatic heterocycles. The second-order valence-corrected chi connectivity index (χ2v) is 4.88. The van der Waals surface area contributed by atoms with Crippen molar-refractivity contribution in [3.63, 3.8) is 0 Å². The maximum atomic E-state index is 6.08. The minimum absolute atomic E-state index is 0.455. The summed E-state index contributed by atoms with van der Waals surface area (Å²) in [5.41, 5.74) is 7.97. The van der Waals surface area contributed by atoms with Gasteiger partial charge in [0.2, 0.25) is 0 Å². The van der Waals surface area contributed by atoms with Crippen LogP contribution in [0.4, 0.5) is 5.69 Å². The molecule has 3 heteroatoms. The number of nitrogens with zero attached hydrogens (tertiary/aromatic N) is 1. The second kappa shape index (κ2) is 4.88. The van der Waals surface area contributed by atoms with E-state index in [1.165, 1.54) is 25.7 Å². The predicted octanol–water partition coefficient (Wildman–Crippen LogP) is 3.83. The molecule has 0 atom stereocenters. The van der Waals surface area contributed by atoms with E-state index in [0.717, 1.165) is 17.1 Å². The molecule has 0 bridgehead atoms. The standard InChI is InChI=1S/C13H17ClN2/c1-9-6-7-11(14)12(8-9)16-13(15)10-4-2-3-5-10/h6-8,10H,2-5H2,1H3,(H2,15,16). The zero-order chi connectivity index (χ0) is 11.5. The summed E-state index contributed by atoms with van der Waals surface area (Å²) in [5, 5.41) is 0.673. The van der Waals surface area contributed by atoms with Crippen molar-refractivity contribution >= 4 is 23.1 Å². The highest BCUT2D eigenvalue weighted by molar-refractivity contribution is 6.33. The summed E-state index contributed by atoms with van der Waals surface area (Å²) in [5.74, 6) is 1.20. The van der Waals surface area contributed by atoms with E-state index in [-0.39, 0.29) is 0 Å². The maximum absolute atomic E-state index is 6.08. The van der Waals surface area contributed by atoms with Gasteiger partial charge < -0.3 is 5.73 Å². The lowest BCUT2D eigenvalue weighted by molar-refractivity contribution is 0.722. The molecule has 0 unspecified atom stereocenters. The fourth-order valence-corrected chi connectivity index (χ4v) is 2.32. The van der Waals surface area contributed by atoms with Crippen molar-refractivity contribution in [2.75, 3.05) is 0 Å². The third-order valence-corrected chi connectivity index (χ3v) is 3.44. The number of hydrogen-bond acceptors (Lipinski definition) is 1. The van der Waals surface area contributed by atoms with Crippen LogP contribution in [0.2, 0.25) is 5.02 Å². The first-order valence-corrected chi connectivity index (χ1v) is 6.15. The Kier molecular flexibility index (Phi) is 3.49. The number of aryl methyl sites for hydroxylation is 1. The largest absolute Gasteiger partial charge is 0.387 e. The molecule has 0 spiro atoms. The summed E-state index contributed by atoms with van der Waals surface area (Å²) in [6, 6.07) is 5.83. The van der Waals surface area contributed by atoms with Gasteiger partial charge in [-0.25, -0.2) is 4.99 Å². The third kappa shape index (κ3) is 2.56. The van der Waals surface area contributed by atoms with Crippen LogP contribution in [-0.2, 0) is 0 Å². The van der Waals surface area contributed by atoms with Gasteiger partial charge in [0.1, 0.15) is 5.84 Å². The van der Waals surface area contributed by atoms with Crippen LogP contribution >= 0.6 is 11.6 Å². The first-order valence-electron chi connectivity index (χ1n) is 5.77. The Morgan fingerprint density at radius 2 is 2.06 bits per heavy atom. The van der Waals surface area contributed by atoms with Crippen LogP contribution in [0.1, 0.15) is 31.2 Å². The molecule has 0 aliphatic heterocycles. The third-order valence-electron chi connectivity index (χ3n) is 3.12. The van der Waals surface area contributed by atoms with Crippen molar-refractivity contribution in [3.05, 3.63) is 28.8 Å². The Labute approximate surface area is 102 Å². The molecule has 1 aromatic rings. The molecule has 1 saturated carbocycles. The van der Waals surface area contributed by atoms with E-state index in [1.807, 2.05) is 25.1 Å². The fourth-order valence-electron chi connectivity index (χ4n) is 2.16. The maximum Gasteiger partial charge on any atom is 0.103 e. The number of benzene rings is 1. The zero-order valence-electron chi connectivity index (χ0n) is 9.54. The normalized spacial score (nSPS) is 18.0. The monoisotopic (exact) mass is 236 g/mol. The van der Waals surface area contributed by atoms with Gasteiger partial charge in [-0.05, 0) is 37.5 Å². The molecule has 2 N–H and O–H groups in total. The van der Waals surface area contributed by atoms with Crippen molar-refractivity contribution in [2.45, 2.75) is 32.6 Å².